The lowest BCUT2D eigenvalue weighted by molar-refractivity contribution is 0.0733. The fourth-order valence-corrected chi connectivity index (χ4v) is 3.99. The number of likely N-dealkylation sites (tertiary alicyclic amines) is 1. The molecule has 1 aromatic heterocycles. The Kier molecular flexibility index (Phi) is 5.14. The number of nitriles is 1. The van der Waals surface area contributed by atoms with Gasteiger partial charge in [0.1, 0.15) is 17.3 Å². The summed E-state index contributed by atoms with van der Waals surface area (Å²) in [6, 6.07) is 26.2. The number of amides is 1. The van der Waals surface area contributed by atoms with Crippen LogP contribution in [-0.2, 0) is 0 Å². The van der Waals surface area contributed by atoms with Crippen LogP contribution in [-0.4, -0.2) is 27.3 Å². The first-order valence-corrected chi connectivity index (χ1v) is 10.4. The molecule has 156 valence electrons. The van der Waals surface area contributed by atoms with E-state index in [4.69, 9.17) is 15.0 Å². The molecule has 6 heteroatoms. The molecule has 1 atom stereocenters. The second-order valence-electron chi connectivity index (χ2n) is 7.66. The third-order valence-electron chi connectivity index (χ3n) is 5.54. The number of benzene rings is 3. The van der Waals surface area contributed by atoms with Crippen molar-refractivity contribution in [3.05, 3.63) is 102 Å². The average molecular weight is 420 g/mol. The van der Waals surface area contributed by atoms with Crippen LogP contribution in [0.2, 0.25) is 0 Å². The number of allylic oxidation sites excluding steroid dienone is 1. The number of rotatable bonds is 4. The van der Waals surface area contributed by atoms with E-state index >= 15 is 0 Å². The molecule has 0 bridgehead atoms. The van der Waals surface area contributed by atoms with Crippen molar-refractivity contribution >= 4 is 16.9 Å². The van der Waals surface area contributed by atoms with Crippen LogP contribution in [0.25, 0.3) is 11.0 Å². The third-order valence-corrected chi connectivity index (χ3v) is 5.54. The third kappa shape index (κ3) is 3.84. The summed E-state index contributed by atoms with van der Waals surface area (Å²) in [4.78, 5) is 23.2. The number of imidazole rings is 1. The number of para-hydroxylation sites is 3. The van der Waals surface area contributed by atoms with E-state index in [0.717, 1.165) is 28.2 Å². The van der Waals surface area contributed by atoms with Crippen LogP contribution in [0.4, 0.5) is 0 Å². The highest BCUT2D eigenvalue weighted by molar-refractivity contribution is 5.95. The second kappa shape index (κ2) is 8.40. The molecule has 1 aliphatic rings. The van der Waals surface area contributed by atoms with Gasteiger partial charge in [0.15, 0.2) is 0 Å². The van der Waals surface area contributed by atoms with E-state index in [1.54, 1.807) is 29.2 Å². The van der Waals surface area contributed by atoms with Crippen LogP contribution in [0, 0.1) is 11.3 Å². The van der Waals surface area contributed by atoms with Gasteiger partial charge in [0, 0.05) is 18.2 Å². The highest BCUT2D eigenvalue weighted by atomic mass is 16.5. The molecule has 0 saturated carbocycles. The molecule has 4 aromatic rings. The molecule has 5 rings (SSSR count). The van der Waals surface area contributed by atoms with E-state index in [1.165, 1.54) is 6.08 Å². The van der Waals surface area contributed by atoms with E-state index in [-0.39, 0.29) is 11.9 Å². The van der Waals surface area contributed by atoms with Gasteiger partial charge in [-0.25, -0.2) is 4.98 Å². The van der Waals surface area contributed by atoms with Gasteiger partial charge in [-0.1, -0.05) is 30.3 Å². The normalized spacial score (nSPS) is 16.9. The minimum Gasteiger partial charge on any atom is -0.457 e. The smallest absolute Gasteiger partial charge is 0.254 e. The summed E-state index contributed by atoms with van der Waals surface area (Å²) in [5.41, 5.74) is 3.25. The van der Waals surface area contributed by atoms with Gasteiger partial charge in [-0.05, 0) is 60.5 Å². The summed E-state index contributed by atoms with van der Waals surface area (Å²) in [6.07, 6.45) is 2.11. The number of carbonyl (C=O) groups is 1. The molecule has 1 unspecified atom stereocenters. The Bertz CT molecular complexity index is 1300. The molecular weight excluding hydrogens is 400 g/mol. The van der Waals surface area contributed by atoms with Gasteiger partial charge in [0.25, 0.3) is 5.91 Å². The second-order valence-corrected chi connectivity index (χ2v) is 7.66. The lowest BCUT2D eigenvalue weighted by Crippen LogP contribution is -2.31. The number of H-pyrrole nitrogens is 1. The number of hydrogen-bond acceptors (Lipinski definition) is 4. The van der Waals surface area contributed by atoms with Crippen molar-refractivity contribution < 1.29 is 9.53 Å². The fraction of sp³-hybridized carbons (Fsp3) is 0.115. The molecule has 1 fully saturated rings. The number of nitrogens with zero attached hydrogens (tertiary/aromatic N) is 3. The highest BCUT2D eigenvalue weighted by Crippen LogP contribution is 2.36. The Balaban J connectivity index is 1.41. The average Bonchev–Trinajstić information content (AvgIpc) is 3.44. The lowest BCUT2D eigenvalue weighted by atomic mass is 10.1. The van der Waals surface area contributed by atoms with Gasteiger partial charge in [0.2, 0.25) is 0 Å². The van der Waals surface area contributed by atoms with Crippen molar-refractivity contribution in [1.82, 2.24) is 14.9 Å². The van der Waals surface area contributed by atoms with Crippen molar-refractivity contribution in [3.8, 4) is 17.6 Å². The quantitative estimate of drug-likeness (QED) is 0.449. The lowest BCUT2D eigenvalue weighted by Gasteiger charge is -2.23. The first-order chi connectivity index (χ1) is 15.7. The molecule has 32 heavy (non-hydrogen) atoms. The Hall–Kier alpha value is -4.37. The summed E-state index contributed by atoms with van der Waals surface area (Å²) in [5, 5.41) is 9.12. The number of fused-ring (bicyclic) bond motifs is 1. The summed E-state index contributed by atoms with van der Waals surface area (Å²) in [7, 11) is 0. The number of ether oxygens (including phenoxy) is 1. The predicted molar refractivity (Wildman–Crippen MR) is 121 cm³/mol. The molecule has 1 amide bonds. The van der Waals surface area contributed by atoms with Crippen LogP contribution in [0.5, 0.6) is 11.5 Å². The molecule has 0 spiro atoms. The largest absolute Gasteiger partial charge is 0.457 e. The standard InChI is InChI=1S/C26H20N4O2/c27-15-14-18-16-24(25-28-22-8-4-5-9-23(22)29-25)30(17-18)26(31)19-10-12-21(13-11-19)32-20-6-2-1-3-7-20/h1-14,24H,16-17H2,(H,28,29). The van der Waals surface area contributed by atoms with Crippen LogP contribution in [0.1, 0.15) is 28.6 Å². The van der Waals surface area contributed by atoms with Gasteiger partial charge in [-0.2, -0.15) is 5.26 Å². The van der Waals surface area contributed by atoms with Crippen LogP contribution in [0.3, 0.4) is 0 Å². The number of aromatic nitrogens is 2. The SMILES string of the molecule is N#CC=C1CC(c2nc3ccccc3[nH]2)N(C(=O)c2ccc(Oc3ccccc3)cc2)C1. The zero-order valence-corrected chi connectivity index (χ0v) is 17.2. The van der Waals surface area contributed by atoms with E-state index in [2.05, 4.69) is 11.1 Å². The Morgan fingerprint density at radius 1 is 1.03 bits per heavy atom. The van der Waals surface area contributed by atoms with Crippen molar-refractivity contribution in [1.29, 1.82) is 5.26 Å². The molecule has 1 aliphatic heterocycles. The van der Waals surface area contributed by atoms with Crippen molar-refractivity contribution in [2.75, 3.05) is 6.54 Å². The minimum absolute atomic E-state index is 0.108. The molecule has 1 saturated heterocycles. The number of carbonyl (C=O) groups excluding carboxylic acids is 1. The Morgan fingerprint density at radius 2 is 1.75 bits per heavy atom. The molecule has 6 nitrogen and oxygen atoms in total. The summed E-state index contributed by atoms with van der Waals surface area (Å²) in [5.74, 6) is 2.02. The monoisotopic (exact) mass is 420 g/mol. The van der Waals surface area contributed by atoms with Crippen LogP contribution in [0.15, 0.2) is 90.5 Å². The number of nitrogens with one attached hydrogen (secondary N) is 1. The van der Waals surface area contributed by atoms with E-state index in [0.29, 0.717) is 24.3 Å². The Morgan fingerprint density at radius 3 is 2.50 bits per heavy atom. The van der Waals surface area contributed by atoms with Crippen molar-refractivity contribution in [3.63, 3.8) is 0 Å². The molecule has 1 N–H and O–H groups in total. The maximum Gasteiger partial charge on any atom is 0.254 e. The Labute approximate surface area is 185 Å². The highest BCUT2D eigenvalue weighted by Gasteiger charge is 2.35. The molecule has 0 radical (unpaired) electrons. The molecule has 3 aromatic carbocycles. The van der Waals surface area contributed by atoms with E-state index < -0.39 is 0 Å². The maximum atomic E-state index is 13.4. The fourth-order valence-electron chi connectivity index (χ4n) is 3.99. The van der Waals surface area contributed by atoms with Gasteiger partial charge in [-0.15, -0.1) is 0 Å². The summed E-state index contributed by atoms with van der Waals surface area (Å²) in [6.45, 7) is 0.399. The van der Waals surface area contributed by atoms with E-state index in [9.17, 15) is 4.79 Å². The first kappa shape index (κ1) is 19.6. The molecular formula is C26H20N4O2. The predicted octanol–water partition coefficient (Wildman–Crippen LogP) is 5.39. The van der Waals surface area contributed by atoms with Crippen LogP contribution < -0.4 is 4.74 Å². The minimum atomic E-state index is -0.255. The molecule has 2 heterocycles. The van der Waals surface area contributed by atoms with Gasteiger partial charge < -0.3 is 14.6 Å². The topological polar surface area (TPSA) is 82.0 Å². The first-order valence-electron chi connectivity index (χ1n) is 10.4. The summed E-state index contributed by atoms with van der Waals surface area (Å²) >= 11 is 0. The van der Waals surface area contributed by atoms with Gasteiger partial charge in [-0.3, -0.25) is 4.79 Å². The van der Waals surface area contributed by atoms with Gasteiger partial charge >= 0.3 is 0 Å². The van der Waals surface area contributed by atoms with E-state index in [1.807, 2.05) is 54.6 Å². The zero-order chi connectivity index (χ0) is 21.9. The summed E-state index contributed by atoms with van der Waals surface area (Å²) < 4.78 is 5.83. The van der Waals surface area contributed by atoms with Crippen molar-refractivity contribution in [2.24, 2.45) is 0 Å². The van der Waals surface area contributed by atoms with Crippen LogP contribution >= 0.6 is 0 Å². The molecule has 0 aliphatic carbocycles. The van der Waals surface area contributed by atoms with Gasteiger partial charge in [0.05, 0.1) is 23.1 Å². The number of aromatic amines is 1. The van der Waals surface area contributed by atoms with Crippen molar-refractivity contribution in [2.45, 2.75) is 12.5 Å². The number of hydrogen-bond donors (Lipinski definition) is 1. The maximum absolute atomic E-state index is 13.4. The zero-order valence-electron chi connectivity index (χ0n) is 17.2.